The SMILES string of the molecule is Cc1ccccc1[C@H]1CCN(CCNC(=O)N2CCn3nc(C#N)cc3C2)C1. The molecule has 0 aliphatic carbocycles. The predicted octanol–water partition coefficient (Wildman–Crippen LogP) is 2.08. The molecule has 0 saturated carbocycles. The van der Waals surface area contributed by atoms with E-state index in [0.29, 0.717) is 37.8 Å². The highest BCUT2D eigenvalue weighted by molar-refractivity contribution is 5.74. The Kier molecular flexibility index (Phi) is 5.31. The number of carbonyl (C=O) groups is 1. The Bertz CT molecular complexity index is 899. The molecule has 28 heavy (non-hydrogen) atoms. The van der Waals surface area contributed by atoms with Gasteiger partial charge >= 0.3 is 6.03 Å². The first-order chi connectivity index (χ1) is 13.6. The number of fused-ring (bicyclic) bond motifs is 1. The second kappa shape index (κ2) is 8.03. The van der Waals surface area contributed by atoms with Crippen LogP contribution in [0.1, 0.15) is 34.9 Å². The normalized spacial score (nSPS) is 19.3. The molecule has 1 atom stereocenters. The first-order valence-electron chi connectivity index (χ1n) is 9.91. The van der Waals surface area contributed by atoms with Crippen LogP contribution in [-0.2, 0) is 13.1 Å². The average Bonchev–Trinajstić information content (AvgIpc) is 3.34. The van der Waals surface area contributed by atoms with Gasteiger partial charge in [0.1, 0.15) is 6.07 Å². The number of aromatic nitrogens is 2. The number of benzene rings is 1. The largest absolute Gasteiger partial charge is 0.337 e. The minimum absolute atomic E-state index is 0.0411. The smallest absolute Gasteiger partial charge is 0.317 e. The lowest BCUT2D eigenvalue weighted by Gasteiger charge is -2.28. The topological polar surface area (TPSA) is 77.2 Å². The lowest BCUT2D eigenvalue weighted by molar-refractivity contribution is 0.179. The molecule has 0 radical (unpaired) electrons. The van der Waals surface area contributed by atoms with Crippen LogP contribution in [-0.4, -0.2) is 58.3 Å². The Morgan fingerprint density at radius 1 is 1.32 bits per heavy atom. The van der Waals surface area contributed by atoms with E-state index in [1.807, 2.05) is 4.68 Å². The molecule has 0 spiro atoms. The van der Waals surface area contributed by atoms with E-state index in [1.54, 1.807) is 11.0 Å². The van der Waals surface area contributed by atoms with Crippen molar-refractivity contribution in [3.8, 4) is 6.07 Å². The molecule has 2 aliphatic heterocycles. The van der Waals surface area contributed by atoms with Gasteiger partial charge in [-0.15, -0.1) is 0 Å². The van der Waals surface area contributed by atoms with Gasteiger partial charge in [-0.05, 0) is 43.0 Å². The third kappa shape index (κ3) is 3.87. The number of aryl methyl sites for hydroxylation is 1. The highest BCUT2D eigenvalue weighted by Crippen LogP contribution is 2.28. The van der Waals surface area contributed by atoms with Gasteiger partial charge in [0.2, 0.25) is 0 Å². The number of nitrogens with one attached hydrogen (secondary N) is 1. The number of amides is 2. The summed E-state index contributed by atoms with van der Waals surface area (Å²) >= 11 is 0. The zero-order valence-corrected chi connectivity index (χ0v) is 16.3. The molecule has 1 N–H and O–H groups in total. The van der Waals surface area contributed by atoms with Crippen molar-refractivity contribution in [3.63, 3.8) is 0 Å². The molecule has 1 saturated heterocycles. The van der Waals surface area contributed by atoms with E-state index < -0.39 is 0 Å². The summed E-state index contributed by atoms with van der Waals surface area (Å²) in [6.07, 6.45) is 1.18. The molecule has 1 aromatic heterocycles. The molecular formula is C21H26N6O. The van der Waals surface area contributed by atoms with E-state index in [2.05, 4.69) is 52.6 Å². The maximum atomic E-state index is 12.5. The minimum atomic E-state index is -0.0411. The van der Waals surface area contributed by atoms with Crippen LogP contribution in [0, 0.1) is 18.3 Å². The van der Waals surface area contributed by atoms with Gasteiger partial charge < -0.3 is 15.1 Å². The number of likely N-dealkylation sites (tertiary alicyclic amines) is 1. The predicted molar refractivity (Wildman–Crippen MR) is 106 cm³/mol. The number of hydrogen-bond acceptors (Lipinski definition) is 4. The highest BCUT2D eigenvalue weighted by atomic mass is 16.2. The summed E-state index contributed by atoms with van der Waals surface area (Å²) in [6, 6.07) is 12.4. The van der Waals surface area contributed by atoms with E-state index in [-0.39, 0.29) is 6.03 Å². The Morgan fingerprint density at radius 3 is 3.00 bits per heavy atom. The minimum Gasteiger partial charge on any atom is -0.337 e. The second-order valence-corrected chi connectivity index (χ2v) is 7.65. The monoisotopic (exact) mass is 378 g/mol. The van der Waals surface area contributed by atoms with Gasteiger partial charge in [-0.3, -0.25) is 4.68 Å². The lowest BCUT2D eigenvalue weighted by Crippen LogP contribution is -2.46. The molecule has 2 aliphatic rings. The summed E-state index contributed by atoms with van der Waals surface area (Å²) in [5.41, 5.74) is 4.15. The van der Waals surface area contributed by atoms with Gasteiger partial charge in [-0.25, -0.2) is 4.79 Å². The van der Waals surface area contributed by atoms with Crippen LogP contribution in [0.2, 0.25) is 0 Å². The Hall–Kier alpha value is -2.85. The summed E-state index contributed by atoms with van der Waals surface area (Å²) in [6.45, 7) is 7.59. The third-order valence-electron chi connectivity index (χ3n) is 5.80. The fourth-order valence-electron chi connectivity index (χ4n) is 4.26. The Morgan fingerprint density at radius 2 is 2.18 bits per heavy atom. The van der Waals surface area contributed by atoms with Gasteiger partial charge in [-0.1, -0.05) is 24.3 Å². The summed E-state index contributed by atoms with van der Waals surface area (Å²) in [5, 5.41) is 16.2. The highest BCUT2D eigenvalue weighted by Gasteiger charge is 2.25. The summed E-state index contributed by atoms with van der Waals surface area (Å²) in [4.78, 5) is 16.7. The van der Waals surface area contributed by atoms with E-state index in [0.717, 1.165) is 25.3 Å². The van der Waals surface area contributed by atoms with Crippen molar-refractivity contribution in [2.45, 2.75) is 32.4 Å². The summed E-state index contributed by atoms with van der Waals surface area (Å²) < 4.78 is 1.82. The van der Waals surface area contributed by atoms with Crippen molar-refractivity contribution in [3.05, 3.63) is 52.8 Å². The molecule has 2 aromatic rings. The zero-order valence-electron chi connectivity index (χ0n) is 16.3. The van der Waals surface area contributed by atoms with E-state index in [9.17, 15) is 4.79 Å². The van der Waals surface area contributed by atoms with Crippen LogP contribution >= 0.6 is 0 Å². The van der Waals surface area contributed by atoms with E-state index >= 15 is 0 Å². The molecule has 0 unspecified atom stereocenters. The molecule has 0 bridgehead atoms. The first-order valence-corrected chi connectivity index (χ1v) is 9.91. The maximum Gasteiger partial charge on any atom is 0.317 e. The van der Waals surface area contributed by atoms with Crippen molar-refractivity contribution in [1.29, 1.82) is 5.26 Å². The summed E-state index contributed by atoms with van der Waals surface area (Å²) in [5.74, 6) is 0.591. The number of nitrogens with zero attached hydrogens (tertiary/aromatic N) is 5. The van der Waals surface area contributed by atoms with Crippen molar-refractivity contribution in [2.75, 3.05) is 32.7 Å². The van der Waals surface area contributed by atoms with Crippen molar-refractivity contribution in [1.82, 2.24) is 24.9 Å². The van der Waals surface area contributed by atoms with Crippen molar-refractivity contribution in [2.24, 2.45) is 0 Å². The van der Waals surface area contributed by atoms with Gasteiger partial charge in [0.15, 0.2) is 5.69 Å². The van der Waals surface area contributed by atoms with Crippen LogP contribution < -0.4 is 5.32 Å². The number of carbonyl (C=O) groups excluding carboxylic acids is 1. The Balaban J connectivity index is 1.23. The second-order valence-electron chi connectivity index (χ2n) is 7.65. The number of rotatable bonds is 4. The van der Waals surface area contributed by atoms with Crippen molar-refractivity contribution >= 4 is 6.03 Å². The molecular weight excluding hydrogens is 352 g/mol. The zero-order chi connectivity index (χ0) is 19.5. The maximum absolute atomic E-state index is 12.5. The van der Waals surface area contributed by atoms with Gasteiger partial charge in [0.05, 0.1) is 18.8 Å². The van der Waals surface area contributed by atoms with Crippen molar-refractivity contribution < 1.29 is 4.79 Å². The van der Waals surface area contributed by atoms with E-state index in [4.69, 9.17) is 5.26 Å². The van der Waals surface area contributed by atoms with Crippen LogP contribution in [0.15, 0.2) is 30.3 Å². The van der Waals surface area contributed by atoms with Gasteiger partial charge in [0, 0.05) is 26.2 Å². The number of urea groups is 1. The third-order valence-corrected chi connectivity index (χ3v) is 5.80. The fourth-order valence-corrected chi connectivity index (χ4v) is 4.26. The molecule has 3 heterocycles. The van der Waals surface area contributed by atoms with Gasteiger partial charge in [0.25, 0.3) is 0 Å². The molecule has 1 aromatic carbocycles. The van der Waals surface area contributed by atoms with Gasteiger partial charge in [-0.2, -0.15) is 10.4 Å². The first kappa shape index (κ1) is 18.5. The average molecular weight is 378 g/mol. The number of hydrogen-bond donors (Lipinski definition) is 1. The molecule has 1 fully saturated rings. The fraction of sp³-hybridized carbons (Fsp3) is 0.476. The molecule has 2 amide bonds. The van der Waals surface area contributed by atoms with Crippen LogP contribution in [0.4, 0.5) is 4.79 Å². The molecule has 4 rings (SSSR count). The van der Waals surface area contributed by atoms with Crippen LogP contribution in [0.3, 0.4) is 0 Å². The van der Waals surface area contributed by atoms with Crippen LogP contribution in [0.25, 0.3) is 0 Å². The molecule has 7 heteroatoms. The lowest BCUT2D eigenvalue weighted by atomic mass is 9.94. The standard InChI is InChI=1S/C21H26N6O/c1-16-4-2-3-5-20(16)17-6-8-25(14-17)9-7-23-21(28)26-10-11-27-19(15-26)12-18(13-22)24-27/h2-5,12,17H,6-11,14-15H2,1H3,(H,23,28)/t17-/m0/s1. The number of nitriles is 1. The van der Waals surface area contributed by atoms with E-state index in [1.165, 1.54) is 17.5 Å². The summed E-state index contributed by atoms with van der Waals surface area (Å²) in [7, 11) is 0. The molecule has 146 valence electrons. The Labute approximate surface area is 165 Å². The molecule has 7 nitrogen and oxygen atoms in total. The quantitative estimate of drug-likeness (QED) is 0.884. The van der Waals surface area contributed by atoms with Crippen LogP contribution in [0.5, 0.6) is 0 Å².